The SMILES string of the molecule is CCCC1C=CC=CC(CC)=C1C. The summed E-state index contributed by atoms with van der Waals surface area (Å²) in [6.07, 6.45) is 12.6. The minimum Gasteiger partial charge on any atom is -0.0773 e. The van der Waals surface area contributed by atoms with E-state index in [1.165, 1.54) is 18.4 Å². The Morgan fingerprint density at radius 1 is 1.23 bits per heavy atom. The quantitative estimate of drug-likeness (QED) is 0.603. The predicted octanol–water partition coefficient (Wildman–Crippen LogP) is 4.26. The van der Waals surface area contributed by atoms with E-state index in [-0.39, 0.29) is 0 Å². The molecule has 0 nitrogen and oxygen atoms in total. The molecule has 0 heterocycles. The van der Waals surface area contributed by atoms with E-state index in [2.05, 4.69) is 45.1 Å². The molecule has 0 radical (unpaired) electrons. The van der Waals surface area contributed by atoms with Gasteiger partial charge in [0.2, 0.25) is 0 Å². The van der Waals surface area contributed by atoms with Gasteiger partial charge in [0.05, 0.1) is 0 Å². The van der Waals surface area contributed by atoms with Crippen molar-refractivity contribution < 1.29 is 0 Å². The molecule has 0 amide bonds. The maximum Gasteiger partial charge on any atom is -0.00172 e. The Hall–Kier alpha value is -0.780. The lowest BCUT2D eigenvalue weighted by Gasteiger charge is -2.14. The molecule has 0 aromatic carbocycles. The lowest BCUT2D eigenvalue weighted by molar-refractivity contribution is 0.652. The van der Waals surface area contributed by atoms with Gasteiger partial charge in [0.15, 0.2) is 0 Å². The van der Waals surface area contributed by atoms with Gasteiger partial charge in [-0.3, -0.25) is 0 Å². The van der Waals surface area contributed by atoms with Crippen LogP contribution in [-0.4, -0.2) is 0 Å². The topological polar surface area (TPSA) is 0 Å². The van der Waals surface area contributed by atoms with Crippen molar-refractivity contribution in [2.24, 2.45) is 5.92 Å². The summed E-state index contributed by atoms with van der Waals surface area (Å²) in [6, 6.07) is 0. The fourth-order valence-electron chi connectivity index (χ4n) is 1.90. The smallest absolute Gasteiger partial charge is 0.00172 e. The van der Waals surface area contributed by atoms with Gasteiger partial charge in [-0.2, -0.15) is 0 Å². The molecule has 0 saturated carbocycles. The number of rotatable bonds is 3. The summed E-state index contributed by atoms with van der Waals surface area (Å²) >= 11 is 0. The highest BCUT2D eigenvalue weighted by molar-refractivity contribution is 5.33. The summed E-state index contributed by atoms with van der Waals surface area (Å²) in [5, 5.41) is 0. The Balaban J connectivity index is 2.85. The van der Waals surface area contributed by atoms with Crippen molar-refractivity contribution >= 4 is 0 Å². The molecule has 1 unspecified atom stereocenters. The first-order valence-electron chi connectivity index (χ1n) is 5.34. The molecule has 1 rings (SSSR count). The molecule has 0 aromatic rings. The summed E-state index contributed by atoms with van der Waals surface area (Å²) in [5.41, 5.74) is 3.08. The van der Waals surface area contributed by atoms with Gasteiger partial charge in [0, 0.05) is 0 Å². The van der Waals surface area contributed by atoms with Gasteiger partial charge < -0.3 is 0 Å². The average Bonchev–Trinajstić information content (AvgIpc) is 2.30. The van der Waals surface area contributed by atoms with E-state index in [1.807, 2.05) is 0 Å². The van der Waals surface area contributed by atoms with Crippen molar-refractivity contribution in [3.63, 3.8) is 0 Å². The van der Waals surface area contributed by atoms with Crippen LogP contribution in [-0.2, 0) is 0 Å². The van der Waals surface area contributed by atoms with Gasteiger partial charge in [-0.05, 0) is 31.3 Å². The second-order valence-electron chi connectivity index (χ2n) is 3.70. The van der Waals surface area contributed by atoms with Crippen LogP contribution in [0.5, 0.6) is 0 Å². The molecule has 1 aliphatic carbocycles. The van der Waals surface area contributed by atoms with E-state index in [4.69, 9.17) is 0 Å². The molecule has 0 bridgehead atoms. The number of hydrogen-bond acceptors (Lipinski definition) is 0. The number of allylic oxidation sites excluding steroid dienone is 6. The van der Waals surface area contributed by atoms with Crippen molar-refractivity contribution in [3.8, 4) is 0 Å². The monoisotopic (exact) mass is 176 g/mol. The molecule has 0 aromatic heterocycles. The maximum atomic E-state index is 2.33. The van der Waals surface area contributed by atoms with Gasteiger partial charge in [-0.25, -0.2) is 0 Å². The first-order valence-corrected chi connectivity index (χ1v) is 5.34. The van der Waals surface area contributed by atoms with Crippen molar-refractivity contribution in [2.45, 2.75) is 40.0 Å². The Morgan fingerprint density at radius 3 is 2.62 bits per heavy atom. The van der Waals surface area contributed by atoms with Crippen LogP contribution in [0.4, 0.5) is 0 Å². The fraction of sp³-hybridized carbons (Fsp3) is 0.538. The van der Waals surface area contributed by atoms with Crippen LogP contribution in [0.25, 0.3) is 0 Å². The predicted molar refractivity (Wildman–Crippen MR) is 59.7 cm³/mol. The van der Waals surface area contributed by atoms with Crippen LogP contribution in [0.1, 0.15) is 40.0 Å². The molecular formula is C13H20. The molecule has 0 N–H and O–H groups in total. The van der Waals surface area contributed by atoms with Crippen LogP contribution in [0.15, 0.2) is 35.5 Å². The Kier molecular flexibility index (Phi) is 4.01. The van der Waals surface area contributed by atoms with Crippen LogP contribution in [0, 0.1) is 5.92 Å². The lowest BCUT2D eigenvalue weighted by Crippen LogP contribution is -1.99. The van der Waals surface area contributed by atoms with E-state index in [0.717, 1.165) is 6.42 Å². The molecule has 1 atom stereocenters. The van der Waals surface area contributed by atoms with E-state index in [1.54, 1.807) is 5.57 Å². The van der Waals surface area contributed by atoms with Gasteiger partial charge in [-0.1, -0.05) is 50.1 Å². The summed E-state index contributed by atoms with van der Waals surface area (Å²) in [5.74, 6) is 0.676. The second kappa shape index (κ2) is 5.06. The maximum absolute atomic E-state index is 2.33. The summed E-state index contributed by atoms with van der Waals surface area (Å²) in [4.78, 5) is 0. The van der Waals surface area contributed by atoms with Crippen molar-refractivity contribution in [3.05, 3.63) is 35.5 Å². The van der Waals surface area contributed by atoms with Crippen LogP contribution in [0.2, 0.25) is 0 Å². The van der Waals surface area contributed by atoms with E-state index < -0.39 is 0 Å². The molecule has 72 valence electrons. The zero-order chi connectivity index (χ0) is 9.68. The Bertz CT molecular complexity index is 241. The molecule has 0 heteroatoms. The molecular weight excluding hydrogens is 156 g/mol. The summed E-state index contributed by atoms with van der Waals surface area (Å²) in [6.45, 7) is 6.77. The van der Waals surface area contributed by atoms with Crippen molar-refractivity contribution in [1.29, 1.82) is 0 Å². The molecule has 1 aliphatic rings. The average molecular weight is 176 g/mol. The third kappa shape index (κ3) is 2.58. The van der Waals surface area contributed by atoms with Gasteiger partial charge in [-0.15, -0.1) is 0 Å². The van der Waals surface area contributed by atoms with E-state index >= 15 is 0 Å². The highest BCUT2D eigenvalue weighted by atomic mass is 14.1. The molecule has 0 spiro atoms. The second-order valence-corrected chi connectivity index (χ2v) is 3.70. The highest BCUT2D eigenvalue weighted by Gasteiger charge is 2.10. The standard InChI is InChI=1S/C13H20/c1-4-8-13-10-7-6-9-12(5-2)11(13)3/h6-7,9-10,13H,4-5,8H2,1-3H3. The zero-order valence-corrected chi connectivity index (χ0v) is 9.01. The Labute approximate surface area is 82.0 Å². The lowest BCUT2D eigenvalue weighted by atomic mass is 9.91. The largest absolute Gasteiger partial charge is 0.0773 e. The normalized spacial score (nSPS) is 22.2. The first kappa shape index (κ1) is 10.3. The van der Waals surface area contributed by atoms with Crippen LogP contribution < -0.4 is 0 Å². The third-order valence-electron chi connectivity index (χ3n) is 2.80. The minimum absolute atomic E-state index is 0.676. The van der Waals surface area contributed by atoms with Gasteiger partial charge in [0.1, 0.15) is 0 Å². The first-order chi connectivity index (χ1) is 6.29. The third-order valence-corrected chi connectivity index (χ3v) is 2.80. The minimum atomic E-state index is 0.676. The zero-order valence-electron chi connectivity index (χ0n) is 9.01. The molecule has 0 saturated heterocycles. The van der Waals surface area contributed by atoms with Crippen molar-refractivity contribution in [2.75, 3.05) is 0 Å². The Morgan fingerprint density at radius 2 is 2.00 bits per heavy atom. The van der Waals surface area contributed by atoms with Gasteiger partial charge in [0.25, 0.3) is 0 Å². The highest BCUT2D eigenvalue weighted by Crippen LogP contribution is 2.25. The van der Waals surface area contributed by atoms with Crippen molar-refractivity contribution in [1.82, 2.24) is 0 Å². The van der Waals surface area contributed by atoms with E-state index in [0.29, 0.717) is 5.92 Å². The van der Waals surface area contributed by atoms with Crippen LogP contribution in [0.3, 0.4) is 0 Å². The van der Waals surface area contributed by atoms with Gasteiger partial charge >= 0.3 is 0 Å². The van der Waals surface area contributed by atoms with Crippen LogP contribution >= 0.6 is 0 Å². The molecule has 0 aliphatic heterocycles. The fourth-order valence-corrected chi connectivity index (χ4v) is 1.90. The van der Waals surface area contributed by atoms with E-state index in [9.17, 15) is 0 Å². The molecule has 13 heavy (non-hydrogen) atoms. The number of hydrogen-bond donors (Lipinski definition) is 0. The summed E-state index contributed by atoms with van der Waals surface area (Å²) in [7, 11) is 0. The molecule has 0 fully saturated rings. The summed E-state index contributed by atoms with van der Waals surface area (Å²) < 4.78 is 0.